The summed E-state index contributed by atoms with van der Waals surface area (Å²) in [4.78, 5) is 14.0. The standard InChI is InChI=1S/C21H21F6N3O3S/c1-29(34(32,33)17-7-3-2-4-8-17)18-9-5-6-10-30(18)19(31)28-16-12-14(20(22,23)24)11-15(13-16)21(25,26)27/h2-4,7-8,11-13,18H,5-6,9-10H2,1H3,(H,28,31). The number of carbonyl (C=O) groups excluding carboxylic acids is 1. The maximum absolute atomic E-state index is 13.1. The highest BCUT2D eigenvalue weighted by Gasteiger charge is 2.39. The average Bonchev–Trinajstić information content (AvgIpc) is 2.77. The highest BCUT2D eigenvalue weighted by Crippen LogP contribution is 2.37. The lowest BCUT2D eigenvalue weighted by Gasteiger charge is -2.40. The number of hydrogen-bond donors (Lipinski definition) is 1. The number of urea groups is 1. The summed E-state index contributed by atoms with van der Waals surface area (Å²) in [5, 5.41) is 2.08. The van der Waals surface area contributed by atoms with Crippen molar-refractivity contribution in [1.82, 2.24) is 9.21 Å². The van der Waals surface area contributed by atoms with Crippen molar-refractivity contribution in [3.8, 4) is 0 Å². The number of likely N-dealkylation sites (tertiary alicyclic amines) is 1. The largest absolute Gasteiger partial charge is 0.416 e. The number of sulfonamides is 1. The zero-order valence-corrected chi connectivity index (χ0v) is 18.6. The average molecular weight is 509 g/mol. The molecule has 0 radical (unpaired) electrons. The molecule has 1 saturated heterocycles. The van der Waals surface area contributed by atoms with E-state index in [1.807, 2.05) is 0 Å². The minimum absolute atomic E-state index is 0.0175. The van der Waals surface area contributed by atoms with E-state index < -0.39 is 51.4 Å². The quantitative estimate of drug-likeness (QED) is 0.562. The number of hydrogen-bond acceptors (Lipinski definition) is 3. The van der Waals surface area contributed by atoms with Gasteiger partial charge in [0.1, 0.15) is 6.17 Å². The van der Waals surface area contributed by atoms with Crippen molar-refractivity contribution in [2.45, 2.75) is 42.7 Å². The number of halogens is 6. The lowest BCUT2D eigenvalue weighted by molar-refractivity contribution is -0.143. The summed E-state index contributed by atoms with van der Waals surface area (Å²) in [7, 11) is -2.75. The number of alkyl halides is 6. The minimum Gasteiger partial charge on any atom is -0.308 e. The van der Waals surface area contributed by atoms with Crippen molar-refractivity contribution < 1.29 is 39.6 Å². The van der Waals surface area contributed by atoms with Gasteiger partial charge in [-0.2, -0.15) is 30.6 Å². The van der Waals surface area contributed by atoms with E-state index in [9.17, 15) is 39.6 Å². The molecular weight excluding hydrogens is 488 g/mol. The third kappa shape index (κ3) is 5.63. The van der Waals surface area contributed by atoms with Gasteiger partial charge in [-0.15, -0.1) is 0 Å². The first-order chi connectivity index (χ1) is 15.7. The molecule has 0 bridgehead atoms. The number of nitrogens with one attached hydrogen (secondary N) is 1. The molecule has 1 unspecified atom stereocenters. The number of anilines is 1. The second-order valence-electron chi connectivity index (χ2n) is 7.73. The third-order valence-electron chi connectivity index (χ3n) is 5.41. The van der Waals surface area contributed by atoms with Gasteiger partial charge in [0.25, 0.3) is 0 Å². The molecule has 0 spiro atoms. The molecule has 1 heterocycles. The van der Waals surface area contributed by atoms with Crippen LogP contribution in [0.25, 0.3) is 0 Å². The Balaban J connectivity index is 1.90. The fourth-order valence-corrected chi connectivity index (χ4v) is 5.04. The number of piperidine rings is 1. The fourth-order valence-electron chi connectivity index (χ4n) is 3.67. The van der Waals surface area contributed by atoms with E-state index in [-0.39, 0.29) is 23.9 Å². The molecule has 1 aliphatic heterocycles. The van der Waals surface area contributed by atoms with Gasteiger partial charge in [0, 0.05) is 19.3 Å². The molecule has 2 aromatic carbocycles. The summed E-state index contributed by atoms with van der Waals surface area (Å²) >= 11 is 0. The van der Waals surface area contributed by atoms with Gasteiger partial charge >= 0.3 is 18.4 Å². The Morgan fingerprint density at radius 3 is 2.06 bits per heavy atom. The summed E-state index contributed by atoms with van der Waals surface area (Å²) in [6.07, 6.45) is -9.82. The predicted octanol–water partition coefficient (Wildman–Crippen LogP) is 5.39. The Hall–Kier alpha value is -2.80. The normalized spacial score (nSPS) is 17.6. The van der Waals surface area contributed by atoms with E-state index in [1.54, 1.807) is 6.07 Å². The van der Waals surface area contributed by atoms with Crippen LogP contribution in [0.4, 0.5) is 36.8 Å². The van der Waals surface area contributed by atoms with Crippen LogP contribution >= 0.6 is 0 Å². The molecule has 1 N–H and O–H groups in total. The summed E-state index contributed by atoms with van der Waals surface area (Å²) in [5.74, 6) is 0. The van der Waals surface area contributed by atoms with Gasteiger partial charge < -0.3 is 10.2 Å². The van der Waals surface area contributed by atoms with Gasteiger partial charge in [-0.3, -0.25) is 0 Å². The Kier molecular flexibility index (Phi) is 7.18. The van der Waals surface area contributed by atoms with Crippen molar-refractivity contribution in [3.05, 3.63) is 59.7 Å². The molecule has 2 aromatic rings. The topological polar surface area (TPSA) is 69.7 Å². The van der Waals surface area contributed by atoms with Crippen LogP contribution in [0, 0.1) is 0 Å². The Morgan fingerprint density at radius 1 is 0.971 bits per heavy atom. The molecular formula is C21H21F6N3O3S. The molecule has 3 rings (SSSR count). The molecule has 0 saturated carbocycles. The maximum atomic E-state index is 13.1. The Bertz CT molecular complexity index is 1100. The fraction of sp³-hybridized carbons (Fsp3) is 0.381. The van der Waals surface area contributed by atoms with Gasteiger partial charge in [-0.25, -0.2) is 13.2 Å². The zero-order chi connectivity index (χ0) is 25.3. The van der Waals surface area contributed by atoms with Crippen molar-refractivity contribution >= 4 is 21.7 Å². The van der Waals surface area contributed by atoms with E-state index >= 15 is 0 Å². The highest BCUT2D eigenvalue weighted by molar-refractivity contribution is 7.89. The zero-order valence-electron chi connectivity index (χ0n) is 17.8. The van der Waals surface area contributed by atoms with Crippen molar-refractivity contribution in [2.24, 2.45) is 0 Å². The lowest BCUT2D eigenvalue weighted by Crippen LogP contribution is -2.54. The van der Waals surface area contributed by atoms with Crippen molar-refractivity contribution in [1.29, 1.82) is 0 Å². The molecule has 1 aliphatic rings. The summed E-state index contributed by atoms with van der Waals surface area (Å²) in [6.45, 7) is 0.0657. The van der Waals surface area contributed by atoms with Gasteiger partial charge in [-0.05, 0) is 49.6 Å². The minimum atomic E-state index is -5.07. The first-order valence-corrected chi connectivity index (χ1v) is 11.6. The number of benzene rings is 2. The molecule has 13 heteroatoms. The Labute approximate surface area is 192 Å². The van der Waals surface area contributed by atoms with E-state index in [0.717, 1.165) is 9.21 Å². The van der Waals surface area contributed by atoms with Gasteiger partial charge in [0.15, 0.2) is 0 Å². The third-order valence-corrected chi connectivity index (χ3v) is 7.28. The summed E-state index contributed by atoms with van der Waals surface area (Å²) in [5.41, 5.74) is -3.85. The summed E-state index contributed by atoms with van der Waals surface area (Å²) in [6, 6.07) is 7.18. The van der Waals surface area contributed by atoms with Crippen LogP contribution in [0.15, 0.2) is 53.4 Å². The van der Waals surface area contributed by atoms with Crippen LogP contribution in [-0.4, -0.2) is 43.4 Å². The van der Waals surface area contributed by atoms with E-state index in [2.05, 4.69) is 5.32 Å². The molecule has 2 amide bonds. The van der Waals surface area contributed by atoms with E-state index in [1.165, 1.54) is 31.3 Å². The van der Waals surface area contributed by atoms with Crippen LogP contribution in [-0.2, 0) is 22.4 Å². The molecule has 0 aromatic heterocycles. The lowest BCUT2D eigenvalue weighted by atomic mass is 10.1. The Morgan fingerprint density at radius 2 is 1.53 bits per heavy atom. The second kappa shape index (κ2) is 9.45. The smallest absolute Gasteiger partial charge is 0.308 e. The SMILES string of the molecule is CN(C1CCCCN1C(=O)Nc1cc(C(F)(F)F)cc(C(F)(F)F)c1)S(=O)(=O)c1ccccc1. The first kappa shape index (κ1) is 25.8. The number of rotatable bonds is 4. The monoisotopic (exact) mass is 509 g/mol. The second-order valence-corrected chi connectivity index (χ2v) is 9.73. The van der Waals surface area contributed by atoms with Crippen LogP contribution in [0.3, 0.4) is 0 Å². The number of nitrogens with zero attached hydrogens (tertiary/aromatic N) is 2. The molecule has 1 atom stereocenters. The number of carbonyl (C=O) groups is 1. The molecule has 6 nitrogen and oxygen atoms in total. The van der Waals surface area contributed by atoms with Gasteiger partial charge in [0.2, 0.25) is 10.0 Å². The van der Waals surface area contributed by atoms with Crippen LogP contribution in [0.5, 0.6) is 0 Å². The summed E-state index contributed by atoms with van der Waals surface area (Å²) < 4.78 is 106. The highest BCUT2D eigenvalue weighted by atomic mass is 32.2. The van der Waals surface area contributed by atoms with Crippen molar-refractivity contribution in [3.63, 3.8) is 0 Å². The predicted molar refractivity (Wildman–Crippen MR) is 111 cm³/mol. The van der Waals surface area contributed by atoms with Gasteiger partial charge in [0.05, 0.1) is 16.0 Å². The van der Waals surface area contributed by atoms with Crippen LogP contribution < -0.4 is 5.32 Å². The molecule has 186 valence electrons. The van der Waals surface area contributed by atoms with Gasteiger partial charge in [-0.1, -0.05) is 18.2 Å². The first-order valence-electron chi connectivity index (χ1n) is 10.1. The number of amides is 2. The molecule has 34 heavy (non-hydrogen) atoms. The van der Waals surface area contributed by atoms with Crippen LogP contribution in [0.2, 0.25) is 0 Å². The van der Waals surface area contributed by atoms with Crippen molar-refractivity contribution in [2.75, 3.05) is 18.9 Å². The molecule has 1 fully saturated rings. The van der Waals surface area contributed by atoms with E-state index in [4.69, 9.17) is 0 Å². The molecule has 0 aliphatic carbocycles. The maximum Gasteiger partial charge on any atom is 0.416 e. The van der Waals surface area contributed by atoms with E-state index in [0.29, 0.717) is 25.0 Å². The van der Waals surface area contributed by atoms with Crippen LogP contribution in [0.1, 0.15) is 30.4 Å².